The summed E-state index contributed by atoms with van der Waals surface area (Å²) in [5, 5.41) is 10.9. The van der Waals surface area contributed by atoms with Crippen LogP contribution in [0.1, 0.15) is 37.4 Å². The lowest BCUT2D eigenvalue weighted by Crippen LogP contribution is -2.11. The van der Waals surface area contributed by atoms with Gasteiger partial charge >= 0.3 is 5.97 Å². The van der Waals surface area contributed by atoms with Crippen molar-refractivity contribution in [3.8, 4) is 5.75 Å². The third-order valence-corrected chi connectivity index (χ3v) is 4.40. The van der Waals surface area contributed by atoms with Gasteiger partial charge in [-0.25, -0.2) is 4.79 Å². The van der Waals surface area contributed by atoms with Gasteiger partial charge in [0.05, 0.1) is 16.1 Å². The molecule has 0 saturated heterocycles. The molecule has 0 unspecified atom stereocenters. The zero-order chi connectivity index (χ0) is 21.7. The number of benzene rings is 3. The fourth-order valence-electron chi connectivity index (χ4n) is 2.77. The molecule has 3 rings (SSSR count). The van der Waals surface area contributed by atoms with Crippen LogP contribution in [0.5, 0.6) is 5.75 Å². The summed E-state index contributed by atoms with van der Waals surface area (Å²) in [4.78, 5) is 35.6. The normalized spacial score (nSPS) is 10.7. The number of hydrogen-bond acceptors (Lipinski definition) is 5. The maximum absolute atomic E-state index is 12.8. The van der Waals surface area contributed by atoms with Crippen LogP contribution in [0.4, 0.5) is 5.69 Å². The van der Waals surface area contributed by atoms with Gasteiger partial charge in [0, 0.05) is 12.1 Å². The number of aryl methyl sites for hydroxylation is 2. The van der Waals surface area contributed by atoms with E-state index in [-0.39, 0.29) is 28.3 Å². The monoisotopic (exact) mass is 401 g/mol. The molecule has 0 radical (unpaired) electrons. The summed E-state index contributed by atoms with van der Waals surface area (Å²) in [5.74, 6) is -1.00. The molecular weight excluding hydrogens is 382 g/mol. The highest BCUT2D eigenvalue weighted by Gasteiger charge is 2.17. The molecule has 0 spiro atoms. The fourth-order valence-corrected chi connectivity index (χ4v) is 2.77. The van der Waals surface area contributed by atoms with Gasteiger partial charge in [0.15, 0.2) is 5.78 Å². The summed E-state index contributed by atoms with van der Waals surface area (Å²) in [6, 6.07) is 17.8. The molecule has 0 aliphatic heterocycles. The van der Waals surface area contributed by atoms with E-state index in [1.807, 2.05) is 38.1 Å². The Bertz CT molecular complexity index is 1150. The highest BCUT2D eigenvalue weighted by Crippen LogP contribution is 2.23. The van der Waals surface area contributed by atoms with E-state index in [0.29, 0.717) is 0 Å². The summed E-state index contributed by atoms with van der Waals surface area (Å²) in [5.41, 5.74) is 2.86. The van der Waals surface area contributed by atoms with E-state index in [1.165, 1.54) is 30.3 Å². The molecule has 150 valence electrons. The molecule has 0 aliphatic carbocycles. The number of carbonyl (C=O) groups is 2. The summed E-state index contributed by atoms with van der Waals surface area (Å²) < 4.78 is 5.39. The van der Waals surface area contributed by atoms with Crippen LogP contribution in [0.3, 0.4) is 0 Å². The maximum Gasteiger partial charge on any atom is 0.343 e. The number of esters is 1. The topological polar surface area (TPSA) is 86.5 Å². The lowest BCUT2D eigenvalue weighted by molar-refractivity contribution is -0.384. The minimum absolute atomic E-state index is 0.0263. The lowest BCUT2D eigenvalue weighted by atomic mass is 10.0. The minimum Gasteiger partial charge on any atom is -0.422 e. The van der Waals surface area contributed by atoms with Crippen LogP contribution in [0.15, 0.2) is 72.8 Å². The number of nitro groups is 1. The minimum atomic E-state index is -0.779. The second-order valence-corrected chi connectivity index (χ2v) is 6.80. The second kappa shape index (κ2) is 8.96. The Hall–Kier alpha value is -4.06. The molecule has 3 aromatic carbocycles. The molecule has 6 nitrogen and oxygen atoms in total. The molecule has 0 aromatic heterocycles. The zero-order valence-electron chi connectivity index (χ0n) is 16.5. The van der Waals surface area contributed by atoms with Crippen LogP contribution in [0, 0.1) is 24.0 Å². The number of hydrogen-bond donors (Lipinski definition) is 0. The van der Waals surface area contributed by atoms with Crippen molar-refractivity contribution in [1.82, 2.24) is 0 Å². The van der Waals surface area contributed by atoms with Crippen LogP contribution in [0.2, 0.25) is 0 Å². The molecule has 0 fully saturated rings. The molecule has 3 aromatic rings. The average molecular weight is 401 g/mol. The van der Waals surface area contributed by atoms with Gasteiger partial charge in [0.2, 0.25) is 0 Å². The standard InChI is InChI=1S/C24H19NO5/c1-16-6-9-18(10-7-16)11-12-22(26)21-14-17(2)8-13-23(21)30-24(27)19-4-3-5-20(15-19)25(28)29/h3-15H,1-2H3. The first kappa shape index (κ1) is 20.7. The zero-order valence-corrected chi connectivity index (χ0v) is 16.5. The predicted octanol–water partition coefficient (Wildman–Crippen LogP) is 5.33. The Morgan fingerprint density at radius 3 is 2.33 bits per heavy atom. The van der Waals surface area contributed by atoms with E-state index < -0.39 is 10.9 Å². The Balaban J connectivity index is 1.85. The molecule has 0 aliphatic rings. The van der Waals surface area contributed by atoms with Crippen molar-refractivity contribution in [2.75, 3.05) is 0 Å². The number of nitro benzene ring substituents is 1. The molecule has 0 atom stereocenters. The fraction of sp³-hybridized carbons (Fsp3) is 0.0833. The lowest BCUT2D eigenvalue weighted by Gasteiger charge is -2.09. The molecule has 0 N–H and O–H groups in total. The third-order valence-electron chi connectivity index (χ3n) is 4.40. The Morgan fingerprint density at radius 1 is 0.933 bits per heavy atom. The van der Waals surface area contributed by atoms with Gasteiger partial charge in [-0.15, -0.1) is 0 Å². The molecule has 0 saturated carbocycles. The van der Waals surface area contributed by atoms with E-state index in [2.05, 4.69) is 0 Å². The van der Waals surface area contributed by atoms with E-state index >= 15 is 0 Å². The van der Waals surface area contributed by atoms with Crippen molar-refractivity contribution in [3.05, 3.63) is 111 Å². The molecule has 0 bridgehead atoms. The summed E-state index contributed by atoms with van der Waals surface area (Å²) in [7, 11) is 0. The number of rotatable bonds is 6. The number of nitrogens with zero attached hydrogens (tertiary/aromatic N) is 1. The van der Waals surface area contributed by atoms with Crippen molar-refractivity contribution >= 4 is 23.5 Å². The molecule has 30 heavy (non-hydrogen) atoms. The maximum atomic E-state index is 12.8. The first-order valence-corrected chi connectivity index (χ1v) is 9.20. The quantitative estimate of drug-likeness (QED) is 0.139. The number of ketones is 1. The SMILES string of the molecule is Cc1ccc(C=CC(=O)c2cc(C)ccc2OC(=O)c2cccc([N+](=O)[O-])c2)cc1. The number of ether oxygens (including phenoxy) is 1. The highest BCUT2D eigenvalue weighted by atomic mass is 16.6. The molecule has 0 amide bonds. The van der Waals surface area contributed by atoms with Gasteiger partial charge in [0.25, 0.3) is 5.69 Å². The van der Waals surface area contributed by atoms with Crippen molar-refractivity contribution in [2.24, 2.45) is 0 Å². The number of carbonyl (C=O) groups excluding carboxylic acids is 2. The second-order valence-electron chi connectivity index (χ2n) is 6.80. The Kier molecular flexibility index (Phi) is 6.17. The highest BCUT2D eigenvalue weighted by molar-refractivity contribution is 6.09. The van der Waals surface area contributed by atoms with E-state index in [1.54, 1.807) is 18.2 Å². The van der Waals surface area contributed by atoms with Crippen molar-refractivity contribution < 1.29 is 19.2 Å². The van der Waals surface area contributed by atoms with E-state index in [4.69, 9.17) is 4.74 Å². The van der Waals surface area contributed by atoms with Crippen LogP contribution >= 0.6 is 0 Å². The summed E-state index contributed by atoms with van der Waals surface area (Å²) in [6.07, 6.45) is 3.11. The third kappa shape index (κ3) is 5.05. The average Bonchev–Trinajstić information content (AvgIpc) is 2.74. The molecule has 6 heteroatoms. The van der Waals surface area contributed by atoms with Gasteiger partial charge in [0.1, 0.15) is 5.75 Å². The molecular formula is C24H19NO5. The van der Waals surface area contributed by atoms with Crippen molar-refractivity contribution in [2.45, 2.75) is 13.8 Å². The van der Waals surface area contributed by atoms with E-state index in [9.17, 15) is 19.7 Å². The Labute approximate surface area is 173 Å². The van der Waals surface area contributed by atoms with Crippen LogP contribution in [-0.4, -0.2) is 16.7 Å². The van der Waals surface area contributed by atoms with Gasteiger partial charge in [-0.1, -0.05) is 53.6 Å². The van der Waals surface area contributed by atoms with Crippen LogP contribution < -0.4 is 4.74 Å². The predicted molar refractivity (Wildman–Crippen MR) is 114 cm³/mol. The Morgan fingerprint density at radius 2 is 1.63 bits per heavy atom. The number of allylic oxidation sites excluding steroid dienone is 1. The summed E-state index contributed by atoms with van der Waals surface area (Å²) >= 11 is 0. The van der Waals surface area contributed by atoms with Gasteiger partial charge < -0.3 is 4.74 Å². The van der Waals surface area contributed by atoms with Crippen molar-refractivity contribution in [1.29, 1.82) is 0 Å². The first-order valence-electron chi connectivity index (χ1n) is 9.20. The summed E-state index contributed by atoms with van der Waals surface area (Å²) in [6.45, 7) is 3.81. The van der Waals surface area contributed by atoms with E-state index in [0.717, 1.165) is 22.8 Å². The smallest absolute Gasteiger partial charge is 0.343 e. The largest absolute Gasteiger partial charge is 0.422 e. The molecule has 0 heterocycles. The van der Waals surface area contributed by atoms with Gasteiger partial charge in [-0.05, 0) is 43.7 Å². The van der Waals surface area contributed by atoms with Gasteiger partial charge in [-0.2, -0.15) is 0 Å². The van der Waals surface area contributed by atoms with Crippen LogP contribution in [-0.2, 0) is 0 Å². The van der Waals surface area contributed by atoms with Crippen molar-refractivity contribution in [3.63, 3.8) is 0 Å². The van der Waals surface area contributed by atoms with Crippen LogP contribution in [0.25, 0.3) is 6.08 Å². The number of non-ortho nitro benzene ring substituents is 1. The van der Waals surface area contributed by atoms with Gasteiger partial charge in [-0.3, -0.25) is 14.9 Å². The first-order chi connectivity index (χ1) is 14.3.